The summed E-state index contributed by atoms with van der Waals surface area (Å²) in [5, 5.41) is 0.612. The molecule has 1 aromatic carbocycles. The van der Waals surface area contributed by atoms with Crippen molar-refractivity contribution in [2.24, 2.45) is 0 Å². The van der Waals surface area contributed by atoms with Crippen molar-refractivity contribution in [3.8, 4) is 0 Å². The molecule has 29 heavy (non-hydrogen) atoms. The Morgan fingerprint density at radius 1 is 1.14 bits per heavy atom. The molecule has 2 atom stereocenters. The molecule has 2 heterocycles. The number of likely N-dealkylation sites (tertiary alicyclic amines) is 1. The summed E-state index contributed by atoms with van der Waals surface area (Å²) in [5.41, 5.74) is 1.16. The van der Waals surface area contributed by atoms with Crippen LogP contribution in [-0.2, 0) is 32.1 Å². The minimum Gasteiger partial charge on any atom is -0.467 e. The van der Waals surface area contributed by atoms with Gasteiger partial charge < -0.3 is 14.2 Å². The molecule has 0 radical (unpaired) electrons. The summed E-state index contributed by atoms with van der Waals surface area (Å²) in [6, 6.07) is 4.68. The fourth-order valence-corrected chi connectivity index (χ4v) is 3.75. The van der Waals surface area contributed by atoms with E-state index in [1.54, 1.807) is 31.7 Å². The molecule has 0 bridgehead atoms. The van der Waals surface area contributed by atoms with E-state index in [1.165, 1.54) is 12.0 Å². The van der Waals surface area contributed by atoms with Gasteiger partial charge in [0, 0.05) is 18.0 Å². The van der Waals surface area contributed by atoms with Crippen LogP contribution < -0.4 is 0 Å². The molecular formula is C20H25ClN2O6. The molecule has 9 heteroatoms. The van der Waals surface area contributed by atoms with Gasteiger partial charge in [-0.3, -0.25) is 9.80 Å². The van der Waals surface area contributed by atoms with E-state index in [4.69, 9.17) is 25.8 Å². The zero-order chi connectivity index (χ0) is 21.3. The molecule has 2 aliphatic heterocycles. The first kappa shape index (κ1) is 21.2. The number of ether oxygens (including phenoxy) is 3. The van der Waals surface area contributed by atoms with Crippen molar-refractivity contribution in [3.63, 3.8) is 0 Å². The van der Waals surface area contributed by atoms with Crippen molar-refractivity contribution in [2.75, 3.05) is 13.7 Å². The predicted octanol–water partition coefficient (Wildman–Crippen LogP) is 3.34. The Kier molecular flexibility index (Phi) is 5.93. The van der Waals surface area contributed by atoms with Gasteiger partial charge in [-0.05, 0) is 38.0 Å². The van der Waals surface area contributed by atoms with E-state index in [9.17, 15) is 14.4 Å². The number of hydrogen-bond acceptors (Lipinski definition) is 6. The average Bonchev–Trinajstić information content (AvgIpc) is 3.25. The number of esters is 1. The second-order valence-corrected chi connectivity index (χ2v) is 8.55. The molecule has 1 aromatic rings. The molecule has 0 saturated carbocycles. The molecule has 0 aliphatic carbocycles. The fourth-order valence-electron chi connectivity index (χ4n) is 3.49. The first-order chi connectivity index (χ1) is 13.6. The van der Waals surface area contributed by atoms with Gasteiger partial charge in [0.1, 0.15) is 17.7 Å². The number of halogens is 1. The van der Waals surface area contributed by atoms with Crippen molar-refractivity contribution >= 4 is 29.8 Å². The van der Waals surface area contributed by atoms with Crippen LogP contribution in [0.3, 0.4) is 0 Å². The van der Waals surface area contributed by atoms with Crippen LogP contribution in [0.1, 0.15) is 38.3 Å². The number of amides is 2. The largest absolute Gasteiger partial charge is 0.467 e. The van der Waals surface area contributed by atoms with E-state index in [-0.39, 0.29) is 13.0 Å². The lowest BCUT2D eigenvalue weighted by Gasteiger charge is -2.27. The van der Waals surface area contributed by atoms with Gasteiger partial charge in [-0.15, -0.1) is 0 Å². The van der Waals surface area contributed by atoms with E-state index in [0.717, 1.165) is 11.1 Å². The SMILES string of the molecule is COC(=O)C1C[C@@H](OC(=O)N2Cc3cccc(Cl)c3C2)CN1C(=O)OC(C)(C)C. The van der Waals surface area contributed by atoms with Crippen molar-refractivity contribution in [1.29, 1.82) is 0 Å². The van der Waals surface area contributed by atoms with Crippen LogP contribution in [0, 0.1) is 0 Å². The lowest BCUT2D eigenvalue weighted by molar-refractivity contribution is -0.145. The first-order valence-electron chi connectivity index (χ1n) is 9.38. The predicted molar refractivity (Wildman–Crippen MR) is 104 cm³/mol. The maximum absolute atomic E-state index is 12.6. The van der Waals surface area contributed by atoms with Crippen molar-refractivity contribution in [1.82, 2.24) is 9.80 Å². The van der Waals surface area contributed by atoms with Crippen molar-refractivity contribution < 1.29 is 28.6 Å². The average molecular weight is 425 g/mol. The van der Waals surface area contributed by atoms with E-state index < -0.39 is 35.9 Å². The second kappa shape index (κ2) is 8.10. The van der Waals surface area contributed by atoms with Gasteiger partial charge in [-0.1, -0.05) is 23.7 Å². The van der Waals surface area contributed by atoms with Gasteiger partial charge in [0.15, 0.2) is 0 Å². The number of carbonyl (C=O) groups excluding carboxylic acids is 3. The summed E-state index contributed by atoms with van der Waals surface area (Å²) in [6.45, 7) is 6.03. The van der Waals surface area contributed by atoms with E-state index in [0.29, 0.717) is 18.1 Å². The standard InChI is InChI=1S/C20H25ClN2O6/c1-20(2,3)29-19(26)23-10-13(8-16(23)17(24)27-4)28-18(25)22-9-12-6-5-7-15(21)14(12)11-22/h5-7,13,16H,8-11H2,1-4H3/t13-,16?/m1/s1. The summed E-state index contributed by atoms with van der Waals surface area (Å²) < 4.78 is 15.8. The van der Waals surface area contributed by atoms with Crippen LogP contribution in [0.2, 0.25) is 5.02 Å². The molecule has 2 amide bonds. The highest BCUT2D eigenvalue weighted by molar-refractivity contribution is 6.31. The van der Waals surface area contributed by atoms with E-state index >= 15 is 0 Å². The summed E-state index contributed by atoms with van der Waals surface area (Å²) >= 11 is 6.20. The quantitative estimate of drug-likeness (QED) is 0.534. The highest BCUT2D eigenvalue weighted by Crippen LogP contribution is 2.30. The van der Waals surface area contributed by atoms with Crippen LogP contribution in [-0.4, -0.2) is 59.4 Å². The zero-order valence-corrected chi connectivity index (χ0v) is 17.7. The smallest absolute Gasteiger partial charge is 0.411 e. The fraction of sp³-hybridized carbons (Fsp3) is 0.550. The topological polar surface area (TPSA) is 85.4 Å². The number of nitrogens with zero attached hydrogens (tertiary/aromatic N) is 2. The van der Waals surface area contributed by atoms with Gasteiger partial charge in [-0.2, -0.15) is 0 Å². The summed E-state index contributed by atoms with van der Waals surface area (Å²) in [6.07, 6.45) is -1.65. The molecule has 1 fully saturated rings. The molecular weight excluding hydrogens is 400 g/mol. The van der Waals surface area contributed by atoms with Crippen molar-refractivity contribution in [2.45, 2.75) is 58.0 Å². The number of fused-ring (bicyclic) bond motifs is 1. The summed E-state index contributed by atoms with van der Waals surface area (Å²) in [5.74, 6) is -0.574. The number of rotatable bonds is 2. The molecule has 1 saturated heterocycles. The van der Waals surface area contributed by atoms with Gasteiger partial charge in [0.05, 0.1) is 20.2 Å². The van der Waals surface area contributed by atoms with Crippen LogP contribution in [0.25, 0.3) is 0 Å². The van der Waals surface area contributed by atoms with E-state index in [1.807, 2.05) is 12.1 Å². The van der Waals surface area contributed by atoms with Gasteiger partial charge in [0.25, 0.3) is 0 Å². The maximum Gasteiger partial charge on any atom is 0.411 e. The third-order valence-electron chi connectivity index (χ3n) is 4.82. The molecule has 0 spiro atoms. The van der Waals surface area contributed by atoms with Gasteiger partial charge in [-0.25, -0.2) is 14.4 Å². The van der Waals surface area contributed by atoms with Crippen LogP contribution in [0.5, 0.6) is 0 Å². The Hall–Kier alpha value is -2.48. The molecule has 1 unspecified atom stereocenters. The van der Waals surface area contributed by atoms with Crippen LogP contribution >= 0.6 is 11.6 Å². The number of benzene rings is 1. The number of methoxy groups -OCH3 is 1. The minimum atomic E-state index is -0.863. The lowest BCUT2D eigenvalue weighted by atomic mass is 10.1. The molecule has 2 aliphatic rings. The summed E-state index contributed by atoms with van der Waals surface area (Å²) in [4.78, 5) is 40.1. The van der Waals surface area contributed by atoms with Crippen LogP contribution in [0.15, 0.2) is 18.2 Å². The molecule has 8 nitrogen and oxygen atoms in total. The molecule has 3 rings (SSSR count). The molecule has 158 valence electrons. The minimum absolute atomic E-state index is 0.0575. The third-order valence-corrected chi connectivity index (χ3v) is 5.17. The zero-order valence-electron chi connectivity index (χ0n) is 16.9. The maximum atomic E-state index is 12.6. The highest BCUT2D eigenvalue weighted by Gasteiger charge is 2.44. The Morgan fingerprint density at radius 2 is 1.86 bits per heavy atom. The Balaban J connectivity index is 1.65. The van der Waals surface area contributed by atoms with Crippen LogP contribution in [0.4, 0.5) is 9.59 Å². The lowest BCUT2D eigenvalue weighted by Crippen LogP contribution is -2.44. The normalized spacial score (nSPS) is 21.0. The first-order valence-corrected chi connectivity index (χ1v) is 9.76. The van der Waals surface area contributed by atoms with Crippen molar-refractivity contribution in [3.05, 3.63) is 34.3 Å². The highest BCUT2D eigenvalue weighted by atomic mass is 35.5. The second-order valence-electron chi connectivity index (χ2n) is 8.15. The molecule has 0 aromatic heterocycles. The Morgan fingerprint density at radius 3 is 2.48 bits per heavy atom. The van der Waals surface area contributed by atoms with Gasteiger partial charge in [0.2, 0.25) is 0 Å². The molecule has 0 N–H and O–H groups in total. The monoisotopic (exact) mass is 424 g/mol. The van der Waals surface area contributed by atoms with Gasteiger partial charge >= 0.3 is 18.2 Å². The number of hydrogen-bond donors (Lipinski definition) is 0. The Bertz CT molecular complexity index is 822. The summed E-state index contributed by atoms with van der Waals surface area (Å²) in [7, 11) is 1.25. The van der Waals surface area contributed by atoms with E-state index in [2.05, 4.69) is 0 Å². The number of carbonyl (C=O) groups is 3. The third kappa shape index (κ3) is 4.75. The Labute approximate surface area is 174 Å².